The van der Waals surface area contributed by atoms with E-state index in [2.05, 4.69) is 9.97 Å². The lowest BCUT2D eigenvalue weighted by molar-refractivity contribution is -0.132. The predicted octanol–water partition coefficient (Wildman–Crippen LogP) is 3.08. The normalized spacial score (nSPS) is 17.4. The van der Waals surface area contributed by atoms with Crippen LogP contribution in [0.5, 0.6) is 0 Å². The van der Waals surface area contributed by atoms with Gasteiger partial charge in [-0.25, -0.2) is 4.98 Å². The zero-order valence-corrected chi connectivity index (χ0v) is 15.4. The molecule has 0 aliphatic carbocycles. The van der Waals surface area contributed by atoms with Crippen LogP contribution in [-0.2, 0) is 24.2 Å². The summed E-state index contributed by atoms with van der Waals surface area (Å²) in [6.45, 7) is 1.67. The van der Waals surface area contributed by atoms with Gasteiger partial charge in [0.25, 0.3) is 0 Å². The summed E-state index contributed by atoms with van der Waals surface area (Å²) >= 11 is 0. The molecule has 0 unspecified atom stereocenters. The Morgan fingerprint density at radius 3 is 2.70 bits per heavy atom. The Morgan fingerprint density at radius 1 is 1.15 bits per heavy atom. The first kappa shape index (κ1) is 17.7. The third-order valence-corrected chi connectivity index (χ3v) is 5.35. The second-order valence-electron chi connectivity index (χ2n) is 7.40. The number of benzene rings is 2. The molecule has 5 heteroatoms. The first-order valence-corrected chi connectivity index (χ1v) is 9.61. The van der Waals surface area contributed by atoms with Crippen molar-refractivity contribution in [1.82, 2.24) is 14.9 Å². The standard InChI is InChI=1S/C22H25N3O2/c26-15-17-9-7-16(8-10-17)13-22(27)25-11-3-4-18(14-25)12-21-23-19-5-1-2-6-20(19)24-21/h1-2,5-10,18,26H,3-4,11-15H2,(H,23,24)/t18-/m1/s1. The fourth-order valence-corrected chi connectivity index (χ4v) is 3.88. The van der Waals surface area contributed by atoms with Crippen molar-refractivity contribution < 1.29 is 9.90 Å². The summed E-state index contributed by atoms with van der Waals surface area (Å²) in [5.41, 5.74) is 3.94. The molecule has 140 valence electrons. The van der Waals surface area contributed by atoms with E-state index in [1.165, 1.54) is 0 Å². The number of para-hydroxylation sites is 2. The van der Waals surface area contributed by atoms with Gasteiger partial charge in [0.2, 0.25) is 5.91 Å². The number of carbonyl (C=O) groups excluding carboxylic acids is 1. The summed E-state index contributed by atoms with van der Waals surface area (Å²) in [5, 5.41) is 9.13. The molecule has 1 saturated heterocycles. The van der Waals surface area contributed by atoms with Crippen LogP contribution < -0.4 is 0 Å². The number of aliphatic hydroxyl groups excluding tert-OH is 1. The molecule has 3 aromatic rings. The average molecular weight is 363 g/mol. The highest BCUT2D eigenvalue weighted by Crippen LogP contribution is 2.22. The molecule has 1 atom stereocenters. The number of imidazole rings is 1. The highest BCUT2D eigenvalue weighted by molar-refractivity contribution is 5.79. The van der Waals surface area contributed by atoms with Crippen LogP contribution in [-0.4, -0.2) is 39.0 Å². The molecule has 4 rings (SSSR count). The zero-order chi connectivity index (χ0) is 18.6. The second-order valence-corrected chi connectivity index (χ2v) is 7.40. The Bertz CT molecular complexity index is 884. The van der Waals surface area contributed by atoms with E-state index in [-0.39, 0.29) is 12.5 Å². The summed E-state index contributed by atoms with van der Waals surface area (Å²) in [6.07, 6.45) is 3.47. The van der Waals surface area contributed by atoms with Gasteiger partial charge in [-0.3, -0.25) is 4.79 Å². The molecular formula is C22H25N3O2. The zero-order valence-electron chi connectivity index (χ0n) is 15.4. The SMILES string of the molecule is O=C(Cc1ccc(CO)cc1)N1CCC[C@H](Cc2nc3ccccc3[nH]2)C1. The van der Waals surface area contributed by atoms with Gasteiger partial charge in [-0.2, -0.15) is 0 Å². The Morgan fingerprint density at radius 2 is 1.93 bits per heavy atom. The van der Waals surface area contributed by atoms with E-state index in [4.69, 9.17) is 5.11 Å². The Hall–Kier alpha value is -2.66. The van der Waals surface area contributed by atoms with Gasteiger partial charge in [0.1, 0.15) is 5.82 Å². The van der Waals surface area contributed by atoms with Gasteiger partial charge in [-0.05, 0) is 42.0 Å². The number of fused-ring (bicyclic) bond motifs is 1. The Balaban J connectivity index is 1.37. The molecule has 27 heavy (non-hydrogen) atoms. The van der Waals surface area contributed by atoms with E-state index in [0.29, 0.717) is 12.3 Å². The van der Waals surface area contributed by atoms with Crippen LogP contribution in [0.3, 0.4) is 0 Å². The van der Waals surface area contributed by atoms with Gasteiger partial charge in [0.05, 0.1) is 24.1 Å². The lowest BCUT2D eigenvalue weighted by atomic mass is 9.94. The van der Waals surface area contributed by atoms with E-state index < -0.39 is 0 Å². The first-order valence-electron chi connectivity index (χ1n) is 9.61. The van der Waals surface area contributed by atoms with E-state index in [1.807, 2.05) is 53.4 Å². The van der Waals surface area contributed by atoms with Gasteiger partial charge in [-0.1, -0.05) is 36.4 Å². The summed E-state index contributed by atoms with van der Waals surface area (Å²) in [6, 6.07) is 15.7. The van der Waals surface area contributed by atoms with E-state index in [1.54, 1.807) is 0 Å². The van der Waals surface area contributed by atoms with E-state index in [9.17, 15) is 4.79 Å². The number of hydrogen-bond acceptors (Lipinski definition) is 3. The number of aromatic amines is 1. The van der Waals surface area contributed by atoms with Gasteiger partial charge in [0.15, 0.2) is 0 Å². The smallest absolute Gasteiger partial charge is 0.226 e. The molecule has 2 heterocycles. The summed E-state index contributed by atoms with van der Waals surface area (Å²) < 4.78 is 0. The minimum atomic E-state index is 0.0316. The molecule has 1 aliphatic heterocycles. The van der Waals surface area contributed by atoms with E-state index >= 15 is 0 Å². The number of amides is 1. The molecule has 2 N–H and O–H groups in total. The minimum Gasteiger partial charge on any atom is -0.392 e. The average Bonchev–Trinajstić information content (AvgIpc) is 3.11. The monoisotopic (exact) mass is 363 g/mol. The largest absolute Gasteiger partial charge is 0.392 e. The highest BCUT2D eigenvalue weighted by atomic mass is 16.3. The van der Waals surface area contributed by atoms with Gasteiger partial charge < -0.3 is 15.0 Å². The van der Waals surface area contributed by atoms with Gasteiger partial charge >= 0.3 is 0 Å². The number of carbonyl (C=O) groups is 1. The predicted molar refractivity (Wildman–Crippen MR) is 105 cm³/mol. The van der Waals surface area contributed by atoms with Crippen LogP contribution in [0.1, 0.15) is 29.8 Å². The first-order chi connectivity index (χ1) is 13.2. The van der Waals surface area contributed by atoms with Crippen LogP contribution >= 0.6 is 0 Å². The maximum atomic E-state index is 12.7. The van der Waals surface area contributed by atoms with Crippen LogP contribution in [0.15, 0.2) is 48.5 Å². The van der Waals surface area contributed by atoms with Crippen LogP contribution in [0.2, 0.25) is 0 Å². The van der Waals surface area contributed by atoms with Crippen molar-refractivity contribution in [3.63, 3.8) is 0 Å². The minimum absolute atomic E-state index is 0.0316. The van der Waals surface area contributed by atoms with Crippen LogP contribution in [0.4, 0.5) is 0 Å². The van der Waals surface area contributed by atoms with Crippen molar-refractivity contribution >= 4 is 16.9 Å². The van der Waals surface area contributed by atoms with Gasteiger partial charge in [-0.15, -0.1) is 0 Å². The third-order valence-electron chi connectivity index (χ3n) is 5.35. The van der Waals surface area contributed by atoms with Crippen molar-refractivity contribution in [3.05, 3.63) is 65.5 Å². The molecule has 2 aromatic carbocycles. The molecule has 1 aliphatic rings. The summed E-state index contributed by atoms with van der Waals surface area (Å²) in [7, 11) is 0. The maximum Gasteiger partial charge on any atom is 0.226 e. The molecular weight excluding hydrogens is 338 g/mol. The molecule has 1 amide bonds. The Kier molecular flexibility index (Phi) is 5.21. The number of nitrogens with one attached hydrogen (secondary N) is 1. The number of aliphatic hydroxyl groups is 1. The van der Waals surface area contributed by atoms with Crippen LogP contribution in [0.25, 0.3) is 11.0 Å². The van der Waals surface area contributed by atoms with Crippen molar-refractivity contribution in [2.45, 2.75) is 32.3 Å². The number of piperidine rings is 1. The molecule has 0 spiro atoms. The van der Waals surface area contributed by atoms with Gasteiger partial charge in [0, 0.05) is 19.5 Å². The van der Waals surface area contributed by atoms with Crippen molar-refractivity contribution in [2.75, 3.05) is 13.1 Å². The number of H-pyrrole nitrogens is 1. The third kappa shape index (κ3) is 4.19. The fraction of sp³-hybridized carbons (Fsp3) is 0.364. The lowest BCUT2D eigenvalue weighted by Crippen LogP contribution is -2.41. The van der Waals surface area contributed by atoms with Crippen molar-refractivity contribution in [3.8, 4) is 0 Å². The highest BCUT2D eigenvalue weighted by Gasteiger charge is 2.24. The quantitative estimate of drug-likeness (QED) is 0.732. The number of hydrogen-bond donors (Lipinski definition) is 2. The Labute approximate surface area is 159 Å². The molecule has 0 radical (unpaired) electrons. The van der Waals surface area contributed by atoms with Crippen molar-refractivity contribution in [2.24, 2.45) is 5.92 Å². The molecule has 1 aromatic heterocycles. The second kappa shape index (κ2) is 7.92. The van der Waals surface area contributed by atoms with Crippen molar-refractivity contribution in [1.29, 1.82) is 0 Å². The summed E-state index contributed by atoms with van der Waals surface area (Å²) in [5.74, 6) is 1.64. The maximum absolute atomic E-state index is 12.7. The summed E-state index contributed by atoms with van der Waals surface area (Å²) in [4.78, 5) is 22.8. The van der Waals surface area contributed by atoms with Crippen LogP contribution in [0, 0.1) is 5.92 Å². The molecule has 0 saturated carbocycles. The molecule has 0 bridgehead atoms. The lowest BCUT2D eigenvalue weighted by Gasteiger charge is -2.32. The number of aromatic nitrogens is 2. The molecule has 1 fully saturated rings. The number of nitrogens with zero attached hydrogens (tertiary/aromatic N) is 2. The number of rotatable bonds is 5. The fourth-order valence-electron chi connectivity index (χ4n) is 3.88. The topological polar surface area (TPSA) is 69.2 Å². The van der Waals surface area contributed by atoms with E-state index in [0.717, 1.165) is 60.3 Å². The molecule has 5 nitrogen and oxygen atoms in total. The number of likely N-dealkylation sites (tertiary alicyclic amines) is 1.